The minimum Gasteiger partial charge on any atom is -0.372 e. The van der Waals surface area contributed by atoms with Crippen molar-refractivity contribution in [3.8, 4) is 0 Å². The second-order valence-electron chi connectivity index (χ2n) is 3.53. The van der Waals surface area contributed by atoms with Gasteiger partial charge >= 0.3 is 0 Å². The number of anilines is 1. The SMILES string of the molecule is CNc1nc(Sc2cc(Cl)ccc2Cl)c(Cl)cc1Cl. The van der Waals surface area contributed by atoms with Crippen LogP contribution in [0.15, 0.2) is 34.2 Å². The van der Waals surface area contributed by atoms with Crippen molar-refractivity contribution >= 4 is 64.0 Å². The normalized spacial score (nSPS) is 10.6. The number of pyridine rings is 1. The number of halogens is 4. The highest BCUT2D eigenvalue weighted by Gasteiger charge is 2.12. The lowest BCUT2D eigenvalue weighted by molar-refractivity contribution is 1.13. The number of rotatable bonds is 3. The van der Waals surface area contributed by atoms with Gasteiger partial charge < -0.3 is 5.32 Å². The molecule has 0 saturated heterocycles. The van der Waals surface area contributed by atoms with Gasteiger partial charge in [0.2, 0.25) is 0 Å². The predicted molar refractivity (Wildman–Crippen MR) is 84.4 cm³/mol. The number of hydrogen-bond donors (Lipinski definition) is 1. The lowest BCUT2D eigenvalue weighted by atomic mass is 10.4. The summed E-state index contributed by atoms with van der Waals surface area (Å²) < 4.78 is 0. The Labute approximate surface area is 135 Å². The van der Waals surface area contributed by atoms with Gasteiger partial charge in [0.15, 0.2) is 0 Å². The van der Waals surface area contributed by atoms with Crippen molar-refractivity contribution in [1.82, 2.24) is 4.98 Å². The van der Waals surface area contributed by atoms with Crippen LogP contribution in [-0.2, 0) is 0 Å². The molecule has 1 heterocycles. The highest BCUT2D eigenvalue weighted by molar-refractivity contribution is 7.99. The number of nitrogens with zero attached hydrogens (tertiary/aromatic N) is 1. The summed E-state index contributed by atoms with van der Waals surface area (Å²) in [6, 6.07) is 6.86. The van der Waals surface area contributed by atoms with Gasteiger partial charge in [-0.1, -0.05) is 58.2 Å². The molecule has 0 atom stereocenters. The molecule has 1 N–H and O–H groups in total. The molecular formula is C12H8Cl4N2S. The molecule has 100 valence electrons. The quantitative estimate of drug-likeness (QED) is 0.744. The van der Waals surface area contributed by atoms with E-state index in [9.17, 15) is 0 Å². The maximum atomic E-state index is 6.13. The Hall–Kier alpha value is -0.320. The number of aromatic nitrogens is 1. The zero-order valence-corrected chi connectivity index (χ0v) is 13.5. The lowest BCUT2D eigenvalue weighted by Gasteiger charge is -2.09. The van der Waals surface area contributed by atoms with Gasteiger partial charge in [-0.15, -0.1) is 0 Å². The molecule has 0 aliphatic rings. The summed E-state index contributed by atoms with van der Waals surface area (Å²) in [5.41, 5.74) is 0. The van der Waals surface area contributed by atoms with Crippen LogP contribution in [0.5, 0.6) is 0 Å². The summed E-state index contributed by atoms with van der Waals surface area (Å²) >= 11 is 25.5. The van der Waals surface area contributed by atoms with Gasteiger partial charge in [-0.3, -0.25) is 0 Å². The summed E-state index contributed by atoms with van der Waals surface area (Å²) in [7, 11) is 1.74. The van der Waals surface area contributed by atoms with Gasteiger partial charge in [0.25, 0.3) is 0 Å². The largest absolute Gasteiger partial charge is 0.372 e. The van der Waals surface area contributed by atoms with E-state index < -0.39 is 0 Å². The summed E-state index contributed by atoms with van der Waals surface area (Å²) in [5, 5.41) is 5.63. The molecule has 0 aliphatic carbocycles. The minimum atomic E-state index is 0.463. The topological polar surface area (TPSA) is 24.9 Å². The first-order valence-electron chi connectivity index (χ1n) is 5.18. The Bertz CT molecular complexity index is 619. The van der Waals surface area contributed by atoms with Crippen LogP contribution in [0.2, 0.25) is 20.1 Å². The van der Waals surface area contributed by atoms with Crippen LogP contribution in [0, 0.1) is 0 Å². The van der Waals surface area contributed by atoms with Crippen molar-refractivity contribution in [2.75, 3.05) is 12.4 Å². The second-order valence-corrected chi connectivity index (χ2v) is 6.22. The van der Waals surface area contributed by atoms with Crippen LogP contribution in [0.1, 0.15) is 0 Å². The molecule has 19 heavy (non-hydrogen) atoms. The van der Waals surface area contributed by atoms with Crippen molar-refractivity contribution < 1.29 is 0 Å². The van der Waals surface area contributed by atoms with Gasteiger partial charge in [0.05, 0.1) is 15.1 Å². The van der Waals surface area contributed by atoms with Crippen LogP contribution in [-0.4, -0.2) is 12.0 Å². The highest BCUT2D eigenvalue weighted by Crippen LogP contribution is 2.39. The molecule has 2 aromatic rings. The molecule has 7 heteroatoms. The lowest BCUT2D eigenvalue weighted by Crippen LogP contribution is -1.95. The Morgan fingerprint density at radius 1 is 1.00 bits per heavy atom. The Morgan fingerprint density at radius 2 is 1.74 bits per heavy atom. The molecule has 0 unspecified atom stereocenters. The summed E-state index contributed by atoms with van der Waals surface area (Å²) in [5.74, 6) is 0.562. The van der Waals surface area contributed by atoms with Crippen molar-refractivity contribution in [2.24, 2.45) is 0 Å². The fourth-order valence-corrected chi connectivity index (χ4v) is 3.25. The molecule has 2 nitrogen and oxygen atoms in total. The third kappa shape index (κ3) is 3.61. The van der Waals surface area contributed by atoms with Crippen LogP contribution >= 0.6 is 58.2 Å². The van der Waals surface area contributed by atoms with Gasteiger partial charge in [-0.25, -0.2) is 4.98 Å². The van der Waals surface area contributed by atoms with E-state index in [-0.39, 0.29) is 0 Å². The fourth-order valence-electron chi connectivity index (χ4n) is 1.36. The summed E-state index contributed by atoms with van der Waals surface area (Å²) in [4.78, 5) is 5.13. The third-order valence-corrected chi connectivity index (χ3v) is 4.66. The van der Waals surface area contributed by atoms with Crippen LogP contribution in [0.4, 0.5) is 5.82 Å². The number of hydrogen-bond acceptors (Lipinski definition) is 3. The first kappa shape index (κ1) is 15.1. The van der Waals surface area contributed by atoms with E-state index in [0.29, 0.717) is 30.9 Å². The molecule has 1 aromatic carbocycles. The molecule has 0 spiro atoms. The molecule has 0 fully saturated rings. The Balaban J connectivity index is 2.40. The minimum absolute atomic E-state index is 0.463. The van der Waals surface area contributed by atoms with E-state index in [1.807, 2.05) is 0 Å². The van der Waals surface area contributed by atoms with Crippen LogP contribution in [0.25, 0.3) is 0 Å². The van der Waals surface area contributed by atoms with E-state index in [2.05, 4.69) is 10.3 Å². The van der Waals surface area contributed by atoms with E-state index in [0.717, 1.165) is 4.90 Å². The molecule has 0 saturated carbocycles. The monoisotopic (exact) mass is 352 g/mol. The van der Waals surface area contributed by atoms with Crippen molar-refractivity contribution in [2.45, 2.75) is 9.92 Å². The van der Waals surface area contributed by atoms with E-state index in [4.69, 9.17) is 46.4 Å². The van der Waals surface area contributed by atoms with E-state index in [1.165, 1.54) is 11.8 Å². The molecule has 0 amide bonds. The zero-order chi connectivity index (χ0) is 14.0. The fraction of sp³-hybridized carbons (Fsp3) is 0.0833. The summed E-state index contributed by atoms with van der Waals surface area (Å²) in [6.07, 6.45) is 0. The maximum absolute atomic E-state index is 6.13. The standard InChI is InChI=1S/C12H8Cl4N2S/c1-17-11-8(15)5-9(16)12(18-11)19-10-4-6(13)2-3-7(10)14/h2-5H,1H3,(H,17,18). The zero-order valence-electron chi connectivity index (χ0n) is 9.68. The highest BCUT2D eigenvalue weighted by atomic mass is 35.5. The Kier molecular flexibility index (Phi) is 5.09. The molecule has 0 radical (unpaired) electrons. The van der Waals surface area contributed by atoms with Gasteiger partial charge in [-0.05, 0) is 24.3 Å². The number of nitrogens with one attached hydrogen (secondary N) is 1. The number of benzene rings is 1. The van der Waals surface area contributed by atoms with Crippen molar-refractivity contribution in [3.05, 3.63) is 44.4 Å². The van der Waals surface area contributed by atoms with Gasteiger partial charge in [0, 0.05) is 17.0 Å². The molecule has 1 aromatic heterocycles. The van der Waals surface area contributed by atoms with E-state index >= 15 is 0 Å². The van der Waals surface area contributed by atoms with Crippen LogP contribution in [0.3, 0.4) is 0 Å². The van der Waals surface area contributed by atoms with E-state index in [1.54, 1.807) is 31.3 Å². The smallest absolute Gasteiger partial charge is 0.146 e. The average molecular weight is 354 g/mol. The summed E-state index contributed by atoms with van der Waals surface area (Å²) in [6.45, 7) is 0. The average Bonchev–Trinajstić information content (AvgIpc) is 2.37. The molecule has 2 rings (SSSR count). The first-order valence-corrected chi connectivity index (χ1v) is 7.51. The first-order chi connectivity index (χ1) is 9.01. The van der Waals surface area contributed by atoms with Crippen molar-refractivity contribution in [1.29, 1.82) is 0 Å². The second kappa shape index (κ2) is 6.42. The maximum Gasteiger partial charge on any atom is 0.146 e. The third-order valence-electron chi connectivity index (χ3n) is 2.23. The predicted octanol–water partition coefficient (Wildman–Crippen LogP) is 5.89. The van der Waals surface area contributed by atoms with Gasteiger partial charge in [-0.2, -0.15) is 0 Å². The Morgan fingerprint density at radius 3 is 2.42 bits per heavy atom. The molecule has 0 aliphatic heterocycles. The van der Waals surface area contributed by atoms with Crippen molar-refractivity contribution in [3.63, 3.8) is 0 Å². The van der Waals surface area contributed by atoms with Crippen LogP contribution < -0.4 is 5.32 Å². The molecule has 0 bridgehead atoms. The van der Waals surface area contributed by atoms with Gasteiger partial charge in [0.1, 0.15) is 10.8 Å². The molecular weight excluding hydrogens is 346 g/mol.